The van der Waals surface area contributed by atoms with Crippen molar-refractivity contribution in [2.75, 3.05) is 27.3 Å². The molecule has 1 saturated heterocycles. The van der Waals surface area contributed by atoms with E-state index in [0.717, 1.165) is 0 Å². The molecule has 128 valence electrons. The molecule has 0 aliphatic carbocycles. The summed E-state index contributed by atoms with van der Waals surface area (Å²) in [6.07, 6.45) is -1.24. The first-order valence-electron chi connectivity index (χ1n) is 11.1. The minimum absolute atomic E-state index is 0.0107. The van der Waals surface area contributed by atoms with E-state index < -0.39 is 24.5 Å². The Labute approximate surface area is 147 Å². The number of methoxy groups -OCH3 is 2. The number of hydrogen-bond donors (Lipinski definition) is 1. The Morgan fingerprint density at radius 1 is 1.39 bits per heavy atom. The molecular formula is C19H29NO3. The Balaban J connectivity index is 2.24. The maximum Gasteiger partial charge on any atom is 0.161 e. The molecule has 1 N–H and O–H groups in total. The van der Waals surface area contributed by atoms with Crippen LogP contribution < -0.4 is 9.47 Å². The van der Waals surface area contributed by atoms with E-state index >= 15 is 0 Å². The fourth-order valence-electron chi connectivity index (χ4n) is 3.23. The van der Waals surface area contributed by atoms with Gasteiger partial charge in [-0.3, -0.25) is 4.90 Å². The molecular weight excluding hydrogens is 290 g/mol. The molecule has 0 amide bonds. The maximum absolute atomic E-state index is 10.9. The first-order valence-corrected chi connectivity index (χ1v) is 8.07. The van der Waals surface area contributed by atoms with Gasteiger partial charge in [0.1, 0.15) is 0 Å². The smallest absolute Gasteiger partial charge is 0.161 e. The number of rotatable bonds is 4. The monoisotopic (exact) mass is 325 g/mol. The van der Waals surface area contributed by atoms with Crippen LogP contribution >= 0.6 is 0 Å². The molecule has 3 unspecified atom stereocenters. The van der Waals surface area contributed by atoms with Crippen LogP contribution in [0.4, 0.5) is 0 Å². The molecule has 0 radical (unpaired) electrons. The van der Waals surface area contributed by atoms with Crippen LogP contribution in [-0.4, -0.2) is 43.4 Å². The second-order valence-corrected chi connectivity index (χ2v) is 6.47. The Morgan fingerprint density at radius 3 is 2.74 bits per heavy atom. The third kappa shape index (κ3) is 3.20. The fraction of sp³-hybridized carbons (Fsp3) is 0.684. The zero-order valence-corrected chi connectivity index (χ0v) is 14.2. The van der Waals surface area contributed by atoms with E-state index in [9.17, 15) is 6.48 Å². The van der Waals surface area contributed by atoms with Crippen molar-refractivity contribution in [2.45, 2.75) is 45.2 Å². The topological polar surface area (TPSA) is 41.9 Å². The molecule has 0 aromatic heterocycles. The molecule has 2 aliphatic heterocycles. The van der Waals surface area contributed by atoms with Gasteiger partial charge in [0, 0.05) is 23.2 Å². The van der Waals surface area contributed by atoms with E-state index in [-0.39, 0.29) is 60.9 Å². The van der Waals surface area contributed by atoms with Gasteiger partial charge < -0.3 is 14.6 Å². The minimum atomic E-state index is -2.30. The summed E-state index contributed by atoms with van der Waals surface area (Å²) in [6, 6.07) is -1.91. The number of aliphatic hydroxyl groups is 1. The van der Waals surface area contributed by atoms with Crippen LogP contribution in [0.5, 0.6) is 11.5 Å². The van der Waals surface area contributed by atoms with Gasteiger partial charge >= 0.3 is 0 Å². The quantitative estimate of drug-likeness (QED) is 0.924. The van der Waals surface area contributed by atoms with Gasteiger partial charge in [0.05, 0.1) is 24.4 Å². The zero-order valence-electron chi connectivity index (χ0n) is 20.2. The van der Waals surface area contributed by atoms with Crippen LogP contribution in [0.2, 0.25) is 0 Å². The van der Waals surface area contributed by atoms with Gasteiger partial charge in [-0.25, -0.2) is 0 Å². The number of aliphatic hydroxyl groups excluding tert-OH is 1. The van der Waals surface area contributed by atoms with Crippen molar-refractivity contribution in [1.82, 2.24) is 4.90 Å². The van der Waals surface area contributed by atoms with Crippen molar-refractivity contribution in [1.29, 1.82) is 0 Å². The zero-order chi connectivity index (χ0) is 21.9. The van der Waals surface area contributed by atoms with Gasteiger partial charge in [0.2, 0.25) is 0 Å². The van der Waals surface area contributed by atoms with Crippen molar-refractivity contribution >= 4 is 0 Å². The molecule has 0 spiro atoms. The van der Waals surface area contributed by atoms with Crippen LogP contribution in [0.3, 0.4) is 0 Å². The van der Waals surface area contributed by atoms with Gasteiger partial charge in [0.25, 0.3) is 0 Å². The van der Waals surface area contributed by atoms with E-state index in [1.165, 1.54) is 19.1 Å². The number of nitrogens with zero attached hydrogens (tertiary/aromatic N) is 1. The summed E-state index contributed by atoms with van der Waals surface area (Å²) in [7, 11) is 2.74. The number of piperidine rings is 1. The van der Waals surface area contributed by atoms with Gasteiger partial charge in [-0.15, -0.1) is 0 Å². The summed E-state index contributed by atoms with van der Waals surface area (Å²) in [5, 5.41) is 10.9. The molecule has 3 atom stereocenters. The van der Waals surface area contributed by atoms with E-state index in [4.69, 9.17) is 16.3 Å². The Hall–Kier alpha value is -1.26. The van der Waals surface area contributed by atoms with Gasteiger partial charge in [-0.1, -0.05) is 13.8 Å². The van der Waals surface area contributed by atoms with Gasteiger partial charge in [-0.05, 0) is 54.3 Å². The van der Waals surface area contributed by atoms with Crippen LogP contribution in [0.25, 0.3) is 0 Å². The predicted molar refractivity (Wildman–Crippen MR) is 91.1 cm³/mol. The van der Waals surface area contributed by atoms with E-state index in [2.05, 4.69) is 0 Å². The summed E-state index contributed by atoms with van der Waals surface area (Å²) in [5.74, 6) is -1.68. The van der Waals surface area contributed by atoms with Crippen molar-refractivity contribution in [3.63, 3.8) is 0 Å². The second-order valence-electron chi connectivity index (χ2n) is 6.47. The highest BCUT2D eigenvalue weighted by atomic mass is 16.5. The molecule has 1 fully saturated rings. The lowest BCUT2D eigenvalue weighted by atomic mass is 9.79. The molecule has 23 heavy (non-hydrogen) atoms. The summed E-state index contributed by atoms with van der Waals surface area (Å²) in [4.78, 5) is 1.29. The van der Waals surface area contributed by atoms with E-state index in [1.807, 2.05) is 13.8 Å². The first kappa shape index (κ1) is 10.6. The van der Waals surface area contributed by atoms with Crippen molar-refractivity contribution in [3.8, 4) is 11.5 Å². The summed E-state index contributed by atoms with van der Waals surface area (Å²) >= 11 is 0. The van der Waals surface area contributed by atoms with Crippen molar-refractivity contribution in [2.24, 2.45) is 11.8 Å². The normalized spacial score (nSPS) is 39.8. The number of hydrogen-bond acceptors (Lipinski definition) is 4. The van der Waals surface area contributed by atoms with Crippen LogP contribution in [0.15, 0.2) is 12.1 Å². The van der Waals surface area contributed by atoms with E-state index in [0.29, 0.717) is 5.56 Å². The van der Waals surface area contributed by atoms with Crippen LogP contribution in [0, 0.1) is 11.8 Å². The Kier molecular flexibility index (Phi) is 3.08. The van der Waals surface area contributed by atoms with Crippen molar-refractivity contribution in [3.05, 3.63) is 23.2 Å². The lowest BCUT2D eigenvalue weighted by Gasteiger charge is -2.46. The molecule has 1 aromatic rings. The molecule has 2 heterocycles. The third-order valence-electron chi connectivity index (χ3n) is 4.31. The average Bonchev–Trinajstić information content (AvgIpc) is 2.61. The average molecular weight is 325 g/mol. The number of ether oxygens (including phenoxy) is 2. The minimum Gasteiger partial charge on any atom is -0.493 e. The first-order chi connectivity index (χ1) is 13.4. The number of benzene rings is 1. The lowest BCUT2D eigenvalue weighted by Crippen LogP contribution is -2.48. The summed E-state index contributed by atoms with van der Waals surface area (Å²) in [5.41, 5.74) is 0.587. The predicted octanol–water partition coefficient (Wildman–Crippen LogP) is 3.03. The summed E-state index contributed by atoms with van der Waals surface area (Å²) < 4.78 is 63.2. The van der Waals surface area contributed by atoms with Gasteiger partial charge in [-0.2, -0.15) is 0 Å². The molecule has 4 nitrogen and oxygen atoms in total. The molecule has 1 aromatic carbocycles. The molecule has 4 heteroatoms. The Bertz CT molecular complexity index is 820. The van der Waals surface area contributed by atoms with Crippen molar-refractivity contribution < 1.29 is 22.8 Å². The fourth-order valence-corrected chi connectivity index (χ4v) is 3.23. The summed E-state index contributed by atoms with van der Waals surface area (Å²) in [6.45, 7) is 1.56. The SMILES string of the molecule is [2H]c1c2c(c([2H])c(OC)c1OC)C1([2H])CC(O)C([2H])(CC(C)C)C([2H])([2H])N1CC2. The van der Waals surface area contributed by atoms with Crippen LogP contribution in [-0.2, 0) is 6.42 Å². The third-order valence-corrected chi connectivity index (χ3v) is 4.31. The molecule has 0 saturated carbocycles. The standard InChI is InChI=1S/C19H29NO3/c1-12(2)7-14-11-20-6-5-13-8-18(22-3)19(23-4)9-15(13)16(20)10-17(14)21/h8-9,12,14,16-17,21H,5-7,10-11H2,1-4H3/i8D,9D,11D2,14D,16D. The highest BCUT2D eigenvalue weighted by Gasteiger charge is 2.38. The molecule has 2 aliphatic rings. The number of fused-ring (bicyclic) bond motifs is 3. The highest BCUT2D eigenvalue weighted by Crippen LogP contribution is 2.43. The van der Waals surface area contributed by atoms with Gasteiger partial charge in [0.15, 0.2) is 11.5 Å². The highest BCUT2D eigenvalue weighted by molar-refractivity contribution is 5.49. The maximum atomic E-state index is 10.9. The van der Waals surface area contributed by atoms with E-state index in [1.54, 1.807) is 0 Å². The van der Waals surface area contributed by atoms with Crippen LogP contribution in [0.1, 0.15) is 52.1 Å². The largest absolute Gasteiger partial charge is 0.493 e. The lowest BCUT2D eigenvalue weighted by molar-refractivity contribution is -0.0191. The Morgan fingerprint density at radius 2 is 2.09 bits per heavy atom. The molecule has 0 bridgehead atoms. The molecule has 3 rings (SSSR count). The second kappa shape index (κ2) is 6.70.